The van der Waals surface area contributed by atoms with Gasteiger partial charge in [0.1, 0.15) is 5.69 Å². The van der Waals surface area contributed by atoms with Gasteiger partial charge >= 0.3 is 0 Å². The summed E-state index contributed by atoms with van der Waals surface area (Å²) in [5, 5.41) is 11.5. The molecule has 2 aromatic heterocycles. The molecule has 19 heavy (non-hydrogen) atoms. The van der Waals surface area contributed by atoms with Crippen molar-refractivity contribution in [3.63, 3.8) is 0 Å². The highest BCUT2D eigenvalue weighted by atomic mass is 35.5. The summed E-state index contributed by atoms with van der Waals surface area (Å²) in [7, 11) is 0. The first-order valence-electron chi connectivity index (χ1n) is 6.17. The van der Waals surface area contributed by atoms with Gasteiger partial charge in [-0.1, -0.05) is 11.6 Å². The lowest BCUT2D eigenvalue weighted by atomic mass is 10.3. The second-order valence-corrected chi connectivity index (χ2v) is 4.41. The van der Waals surface area contributed by atoms with Crippen molar-refractivity contribution >= 4 is 17.5 Å². The first kappa shape index (κ1) is 13.6. The van der Waals surface area contributed by atoms with E-state index >= 15 is 0 Å². The van der Waals surface area contributed by atoms with Gasteiger partial charge in [-0.25, -0.2) is 0 Å². The van der Waals surface area contributed by atoms with Crippen LogP contribution in [-0.4, -0.2) is 25.5 Å². The molecule has 102 valence electrons. The van der Waals surface area contributed by atoms with Gasteiger partial charge in [0.15, 0.2) is 0 Å². The van der Waals surface area contributed by atoms with E-state index in [-0.39, 0.29) is 5.91 Å². The fourth-order valence-corrected chi connectivity index (χ4v) is 1.98. The standard InChI is InChI=1S/C12H16ClN5O/c1-3-17-6-5-9(16-17)7-14-12(19)11-10(13)8-15-18(11)4-2/h5-6,8H,3-4,7H2,1-2H3,(H,14,19). The van der Waals surface area contributed by atoms with Crippen molar-refractivity contribution in [3.8, 4) is 0 Å². The fourth-order valence-electron chi connectivity index (χ4n) is 1.76. The van der Waals surface area contributed by atoms with E-state index < -0.39 is 0 Å². The van der Waals surface area contributed by atoms with E-state index in [9.17, 15) is 4.79 Å². The van der Waals surface area contributed by atoms with Crippen molar-refractivity contribution in [1.29, 1.82) is 0 Å². The SMILES string of the molecule is CCn1ccc(CNC(=O)c2c(Cl)cnn2CC)n1. The van der Waals surface area contributed by atoms with Crippen LogP contribution in [0, 0.1) is 0 Å². The Morgan fingerprint density at radius 2 is 2.21 bits per heavy atom. The maximum absolute atomic E-state index is 12.1. The Morgan fingerprint density at radius 3 is 2.84 bits per heavy atom. The van der Waals surface area contributed by atoms with Gasteiger partial charge in [0.05, 0.1) is 23.5 Å². The summed E-state index contributed by atoms with van der Waals surface area (Å²) >= 11 is 5.96. The Morgan fingerprint density at radius 1 is 1.42 bits per heavy atom. The highest BCUT2D eigenvalue weighted by Gasteiger charge is 2.16. The maximum atomic E-state index is 12.1. The molecular weight excluding hydrogens is 266 g/mol. The number of hydrogen-bond acceptors (Lipinski definition) is 3. The van der Waals surface area contributed by atoms with Gasteiger partial charge in [-0.15, -0.1) is 0 Å². The molecule has 0 bridgehead atoms. The molecule has 0 fully saturated rings. The zero-order valence-electron chi connectivity index (χ0n) is 10.9. The Bertz CT molecular complexity index is 574. The van der Waals surface area contributed by atoms with Gasteiger partial charge in [-0.05, 0) is 19.9 Å². The molecule has 0 saturated carbocycles. The van der Waals surface area contributed by atoms with E-state index in [0.29, 0.717) is 23.8 Å². The van der Waals surface area contributed by atoms with E-state index in [4.69, 9.17) is 11.6 Å². The fraction of sp³-hybridized carbons (Fsp3) is 0.417. The highest BCUT2D eigenvalue weighted by Crippen LogP contribution is 2.14. The Balaban J connectivity index is 2.03. The van der Waals surface area contributed by atoms with Crippen LogP contribution in [0.1, 0.15) is 30.0 Å². The molecule has 1 N–H and O–H groups in total. The quantitative estimate of drug-likeness (QED) is 0.907. The van der Waals surface area contributed by atoms with Gasteiger partial charge in [0, 0.05) is 19.3 Å². The molecule has 0 atom stereocenters. The van der Waals surface area contributed by atoms with E-state index in [1.54, 1.807) is 4.68 Å². The first-order chi connectivity index (χ1) is 9.15. The van der Waals surface area contributed by atoms with Crippen LogP contribution in [0.15, 0.2) is 18.5 Å². The van der Waals surface area contributed by atoms with E-state index in [1.165, 1.54) is 6.20 Å². The van der Waals surface area contributed by atoms with Crippen molar-refractivity contribution in [2.75, 3.05) is 0 Å². The molecule has 1 amide bonds. The molecule has 0 aliphatic rings. The molecule has 0 unspecified atom stereocenters. The van der Waals surface area contributed by atoms with E-state index in [0.717, 1.165) is 12.2 Å². The molecule has 0 aliphatic heterocycles. The normalized spacial score (nSPS) is 10.7. The number of carbonyl (C=O) groups excluding carboxylic acids is 1. The Kier molecular flexibility index (Phi) is 4.21. The summed E-state index contributed by atoms with van der Waals surface area (Å²) in [5.41, 5.74) is 1.20. The molecule has 2 aromatic rings. The van der Waals surface area contributed by atoms with Crippen LogP contribution < -0.4 is 5.32 Å². The van der Waals surface area contributed by atoms with Crippen molar-refractivity contribution in [2.24, 2.45) is 0 Å². The average molecular weight is 282 g/mol. The van der Waals surface area contributed by atoms with E-state index in [1.807, 2.05) is 30.8 Å². The van der Waals surface area contributed by atoms with Gasteiger partial charge < -0.3 is 5.32 Å². The lowest BCUT2D eigenvalue weighted by Crippen LogP contribution is -2.26. The van der Waals surface area contributed by atoms with Crippen LogP contribution in [-0.2, 0) is 19.6 Å². The number of amides is 1. The number of carbonyl (C=O) groups is 1. The summed E-state index contributed by atoms with van der Waals surface area (Å²) in [6.45, 7) is 5.69. The van der Waals surface area contributed by atoms with Crippen LogP contribution in [0.5, 0.6) is 0 Å². The number of aryl methyl sites for hydroxylation is 2. The molecule has 2 heterocycles. The summed E-state index contributed by atoms with van der Waals surface area (Å²) < 4.78 is 3.38. The molecule has 0 saturated heterocycles. The van der Waals surface area contributed by atoms with Crippen molar-refractivity contribution in [2.45, 2.75) is 33.5 Å². The second kappa shape index (κ2) is 5.88. The van der Waals surface area contributed by atoms with Gasteiger partial charge in [-0.3, -0.25) is 14.2 Å². The minimum absolute atomic E-state index is 0.240. The molecule has 6 nitrogen and oxygen atoms in total. The molecule has 0 spiro atoms. The van der Waals surface area contributed by atoms with Crippen molar-refractivity contribution < 1.29 is 4.79 Å². The molecule has 7 heteroatoms. The van der Waals surface area contributed by atoms with Crippen LogP contribution in [0.4, 0.5) is 0 Å². The number of aromatic nitrogens is 4. The van der Waals surface area contributed by atoms with Crippen molar-refractivity contribution in [3.05, 3.63) is 34.9 Å². The third-order valence-electron chi connectivity index (χ3n) is 2.76. The predicted octanol–water partition coefficient (Wildman–Crippen LogP) is 1.70. The number of nitrogens with one attached hydrogen (secondary N) is 1. The zero-order valence-corrected chi connectivity index (χ0v) is 11.7. The molecular formula is C12H16ClN5O. The van der Waals surface area contributed by atoms with Gasteiger partial charge in [-0.2, -0.15) is 10.2 Å². The maximum Gasteiger partial charge on any atom is 0.271 e. The topological polar surface area (TPSA) is 64.7 Å². The minimum atomic E-state index is -0.240. The van der Waals surface area contributed by atoms with Crippen LogP contribution in [0.25, 0.3) is 0 Å². The van der Waals surface area contributed by atoms with Crippen LogP contribution in [0.3, 0.4) is 0 Å². The summed E-state index contributed by atoms with van der Waals surface area (Å²) in [6, 6.07) is 1.88. The lowest BCUT2D eigenvalue weighted by molar-refractivity contribution is 0.0940. The first-order valence-corrected chi connectivity index (χ1v) is 6.55. The zero-order chi connectivity index (χ0) is 13.8. The van der Waals surface area contributed by atoms with Gasteiger partial charge in [0.2, 0.25) is 0 Å². The predicted molar refractivity (Wildman–Crippen MR) is 72.0 cm³/mol. The third-order valence-corrected chi connectivity index (χ3v) is 3.04. The number of nitrogens with zero attached hydrogens (tertiary/aromatic N) is 4. The summed E-state index contributed by atoms with van der Waals surface area (Å²) in [6.07, 6.45) is 3.36. The molecule has 0 aliphatic carbocycles. The molecule has 0 radical (unpaired) electrons. The average Bonchev–Trinajstić information content (AvgIpc) is 3.02. The largest absolute Gasteiger partial charge is 0.345 e. The smallest absolute Gasteiger partial charge is 0.271 e. The second-order valence-electron chi connectivity index (χ2n) is 4.00. The summed E-state index contributed by atoms with van der Waals surface area (Å²) in [4.78, 5) is 12.1. The van der Waals surface area contributed by atoms with Gasteiger partial charge in [0.25, 0.3) is 5.91 Å². The van der Waals surface area contributed by atoms with Crippen LogP contribution in [0.2, 0.25) is 5.02 Å². The highest BCUT2D eigenvalue weighted by molar-refractivity contribution is 6.33. The van der Waals surface area contributed by atoms with Crippen molar-refractivity contribution in [1.82, 2.24) is 24.9 Å². The van der Waals surface area contributed by atoms with Crippen LogP contribution >= 0.6 is 11.6 Å². The van der Waals surface area contributed by atoms with E-state index in [2.05, 4.69) is 15.5 Å². The minimum Gasteiger partial charge on any atom is -0.345 e. The molecule has 0 aromatic carbocycles. The summed E-state index contributed by atoms with van der Waals surface area (Å²) in [5.74, 6) is -0.240. The number of halogens is 1. The lowest BCUT2D eigenvalue weighted by Gasteiger charge is -2.06. The Labute approximate surface area is 116 Å². The number of hydrogen-bond donors (Lipinski definition) is 1. The monoisotopic (exact) mass is 281 g/mol. The third kappa shape index (κ3) is 2.96. The Hall–Kier alpha value is -1.82. The molecule has 2 rings (SSSR count). The number of rotatable bonds is 5.